The fraction of sp³-hybridized carbons (Fsp3) is 0.417. The first-order valence-electron chi connectivity index (χ1n) is 5.05. The number of hydrogen-bond donors (Lipinski definition) is 1. The highest BCUT2D eigenvalue weighted by molar-refractivity contribution is 5.73. The number of carbonyl (C=O) groups excluding carboxylic acids is 1. The largest absolute Gasteiger partial charge is 0.466 e. The summed E-state index contributed by atoms with van der Waals surface area (Å²) in [5.74, 6) is -0.193. The van der Waals surface area contributed by atoms with Crippen LogP contribution in [0.2, 0.25) is 0 Å². The van der Waals surface area contributed by atoms with Crippen molar-refractivity contribution < 1.29 is 9.53 Å². The predicted molar refractivity (Wildman–Crippen MR) is 60.7 cm³/mol. The molecular weight excluding hydrogens is 190 g/mol. The molecule has 0 aromatic heterocycles. The van der Waals surface area contributed by atoms with Gasteiger partial charge in [-0.3, -0.25) is 4.79 Å². The lowest BCUT2D eigenvalue weighted by Crippen LogP contribution is -2.08. The summed E-state index contributed by atoms with van der Waals surface area (Å²) in [6.45, 7) is 6.11. The van der Waals surface area contributed by atoms with Crippen molar-refractivity contribution in [2.75, 3.05) is 12.3 Å². The van der Waals surface area contributed by atoms with Gasteiger partial charge in [-0.2, -0.15) is 0 Å². The van der Waals surface area contributed by atoms with Crippen LogP contribution in [0, 0.1) is 13.8 Å². The number of nitrogen functional groups attached to an aromatic ring is 1. The van der Waals surface area contributed by atoms with E-state index in [2.05, 4.69) is 0 Å². The predicted octanol–water partition coefficient (Wildman–Crippen LogP) is 1.99. The summed E-state index contributed by atoms with van der Waals surface area (Å²) < 4.78 is 4.89. The van der Waals surface area contributed by atoms with Crippen LogP contribution in [0.25, 0.3) is 0 Å². The molecular formula is C12H17NO2. The first-order chi connectivity index (χ1) is 7.04. The van der Waals surface area contributed by atoms with Crippen molar-refractivity contribution in [2.45, 2.75) is 27.2 Å². The van der Waals surface area contributed by atoms with Crippen molar-refractivity contribution >= 4 is 11.7 Å². The lowest BCUT2D eigenvalue weighted by molar-refractivity contribution is -0.142. The zero-order valence-electron chi connectivity index (χ0n) is 9.46. The van der Waals surface area contributed by atoms with Crippen LogP contribution in [0.5, 0.6) is 0 Å². The summed E-state index contributed by atoms with van der Waals surface area (Å²) in [5, 5.41) is 0. The monoisotopic (exact) mass is 207 g/mol. The number of rotatable bonds is 3. The van der Waals surface area contributed by atoms with Crippen molar-refractivity contribution in [3.05, 3.63) is 28.8 Å². The molecule has 82 valence electrons. The zero-order chi connectivity index (χ0) is 11.4. The van der Waals surface area contributed by atoms with E-state index in [9.17, 15) is 4.79 Å². The van der Waals surface area contributed by atoms with Crippen molar-refractivity contribution in [3.63, 3.8) is 0 Å². The Bertz CT molecular complexity index is 349. The number of anilines is 1. The molecule has 0 saturated heterocycles. The summed E-state index contributed by atoms with van der Waals surface area (Å²) in [4.78, 5) is 11.3. The van der Waals surface area contributed by atoms with E-state index in [1.54, 1.807) is 6.92 Å². The maximum atomic E-state index is 11.3. The molecule has 1 rings (SSSR count). The summed E-state index contributed by atoms with van der Waals surface area (Å²) in [6, 6.07) is 3.86. The Morgan fingerprint density at radius 3 is 2.33 bits per heavy atom. The van der Waals surface area contributed by atoms with E-state index in [-0.39, 0.29) is 5.97 Å². The Hall–Kier alpha value is -1.51. The molecule has 0 spiro atoms. The Morgan fingerprint density at radius 2 is 1.87 bits per heavy atom. The number of benzene rings is 1. The van der Waals surface area contributed by atoms with E-state index in [4.69, 9.17) is 10.5 Å². The van der Waals surface area contributed by atoms with E-state index in [1.807, 2.05) is 26.0 Å². The third-order valence-electron chi connectivity index (χ3n) is 2.31. The number of carbonyl (C=O) groups is 1. The molecule has 0 unspecified atom stereocenters. The van der Waals surface area contributed by atoms with Crippen LogP contribution in [0.15, 0.2) is 12.1 Å². The molecule has 2 N–H and O–H groups in total. The second-order valence-electron chi connectivity index (χ2n) is 3.63. The minimum atomic E-state index is -0.193. The third kappa shape index (κ3) is 2.98. The van der Waals surface area contributed by atoms with Gasteiger partial charge in [0, 0.05) is 5.69 Å². The van der Waals surface area contributed by atoms with Crippen molar-refractivity contribution in [2.24, 2.45) is 0 Å². The maximum Gasteiger partial charge on any atom is 0.310 e. The smallest absolute Gasteiger partial charge is 0.310 e. The molecule has 0 aliphatic carbocycles. The molecule has 0 fully saturated rings. The van der Waals surface area contributed by atoms with Gasteiger partial charge in [0.05, 0.1) is 13.0 Å². The van der Waals surface area contributed by atoms with Gasteiger partial charge < -0.3 is 10.5 Å². The van der Waals surface area contributed by atoms with Crippen LogP contribution < -0.4 is 5.73 Å². The Labute approximate surface area is 90.2 Å². The van der Waals surface area contributed by atoms with E-state index >= 15 is 0 Å². The van der Waals surface area contributed by atoms with E-state index in [0.717, 1.165) is 22.4 Å². The van der Waals surface area contributed by atoms with Crippen LogP contribution in [-0.4, -0.2) is 12.6 Å². The molecule has 0 amide bonds. The first kappa shape index (κ1) is 11.6. The molecule has 0 saturated carbocycles. The molecule has 1 aromatic carbocycles. The average Bonchev–Trinajstić information content (AvgIpc) is 2.14. The van der Waals surface area contributed by atoms with Gasteiger partial charge >= 0.3 is 5.97 Å². The van der Waals surface area contributed by atoms with E-state index < -0.39 is 0 Å². The number of hydrogen-bond acceptors (Lipinski definition) is 3. The molecule has 3 heteroatoms. The lowest BCUT2D eigenvalue weighted by atomic mass is 10.0. The van der Waals surface area contributed by atoms with E-state index in [0.29, 0.717) is 13.0 Å². The summed E-state index contributed by atoms with van der Waals surface area (Å²) in [7, 11) is 0. The topological polar surface area (TPSA) is 52.3 Å². The van der Waals surface area contributed by atoms with Crippen LogP contribution in [0.1, 0.15) is 23.6 Å². The fourth-order valence-electron chi connectivity index (χ4n) is 1.55. The second kappa shape index (κ2) is 4.82. The second-order valence-corrected chi connectivity index (χ2v) is 3.63. The highest BCUT2D eigenvalue weighted by atomic mass is 16.5. The highest BCUT2D eigenvalue weighted by Crippen LogP contribution is 2.19. The van der Waals surface area contributed by atoms with Crippen LogP contribution in [-0.2, 0) is 16.0 Å². The fourth-order valence-corrected chi connectivity index (χ4v) is 1.55. The number of ether oxygens (including phenoxy) is 1. The lowest BCUT2D eigenvalue weighted by Gasteiger charge is -2.08. The van der Waals surface area contributed by atoms with Gasteiger partial charge in [-0.15, -0.1) is 0 Å². The Kier molecular flexibility index (Phi) is 3.72. The van der Waals surface area contributed by atoms with Gasteiger partial charge in [0.15, 0.2) is 0 Å². The van der Waals surface area contributed by atoms with Crippen molar-refractivity contribution in [1.29, 1.82) is 0 Å². The van der Waals surface area contributed by atoms with Crippen molar-refractivity contribution in [3.8, 4) is 0 Å². The molecule has 0 aliphatic rings. The molecule has 0 heterocycles. The molecule has 15 heavy (non-hydrogen) atoms. The molecule has 3 nitrogen and oxygen atoms in total. The summed E-state index contributed by atoms with van der Waals surface area (Å²) in [6.07, 6.45) is 0.315. The summed E-state index contributed by atoms with van der Waals surface area (Å²) >= 11 is 0. The maximum absolute atomic E-state index is 11.3. The van der Waals surface area contributed by atoms with E-state index in [1.165, 1.54) is 0 Å². The summed E-state index contributed by atoms with van der Waals surface area (Å²) in [5.41, 5.74) is 9.59. The van der Waals surface area contributed by atoms with Gasteiger partial charge in [-0.1, -0.05) is 12.1 Å². The van der Waals surface area contributed by atoms with Gasteiger partial charge in [0.25, 0.3) is 0 Å². The number of esters is 1. The van der Waals surface area contributed by atoms with Crippen molar-refractivity contribution in [1.82, 2.24) is 0 Å². The normalized spacial score (nSPS) is 10.1. The zero-order valence-corrected chi connectivity index (χ0v) is 9.46. The number of nitrogens with two attached hydrogens (primary N) is 1. The molecule has 0 atom stereocenters. The van der Waals surface area contributed by atoms with Crippen LogP contribution in [0.3, 0.4) is 0 Å². The molecule has 0 radical (unpaired) electrons. The van der Waals surface area contributed by atoms with Crippen LogP contribution >= 0.6 is 0 Å². The molecule has 0 aliphatic heterocycles. The molecule has 1 aromatic rings. The SMILES string of the molecule is CCOC(=O)Cc1cc(C)c(N)c(C)c1. The quantitative estimate of drug-likeness (QED) is 0.609. The average molecular weight is 207 g/mol. The van der Waals surface area contributed by atoms with Crippen LogP contribution in [0.4, 0.5) is 5.69 Å². The minimum Gasteiger partial charge on any atom is -0.466 e. The molecule has 0 bridgehead atoms. The number of aryl methyl sites for hydroxylation is 2. The Morgan fingerprint density at radius 1 is 1.33 bits per heavy atom. The Balaban J connectivity index is 2.83. The first-order valence-corrected chi connectivity index (χ1v) is 5.05. The van der Waals surface area contributed by atoms with Gasteiger partial charge in [-0.25, -0.2) is 0 Å². The van der Waals surface area contributed by atoms with Gasteiger partial charge in [0.1, 0.15) is 0 Å². The van der Waals surface area contributed by atoms with Gasteiger partial charge in [-0.05, 0) is 37.5 Å². The standard InChI is InChI=1S/C12H17NO2/c1-4-15-11(14)7-10-5-8(2)12(13)9(3)6-10/h5-6H,4,7,13H2,1-3H3. The van der Waals surface area contributed by atoms with Gasteiger partial charge in [0.2, 0.25) is 0 Å². The third-order valence-corrected chi connectivity index (χ3v) is 2.31. The minimum absolute atomic E-state index is 0.193. The highest BCUT2D eigenvalue weighted by Gasteiger charge is 2.06.